The summed E-state index contributed by atoms with van der Waals surface area (Å²) in [5.41, 5.74) is -0.419. The minimum absolute atomic E-state index is 0.0504. The third kappa shape index (κ3) is 3.00. The first-order valence-corrected chi connectivity index (χ1v) is 5.58. The first kappa shape index (κ1) is 14.0. The van der Waals surface area contributed by atoms with Gasteiger partial charge in [0.1, 0.15) is 0 Å². The van der Waals surface area contributed by atoms with Crippen molar-refractivity contribution in [2.75, 3.05) is 7.11 Å². The molecule has 0 aliphatic carbocycles. The SMILES string of the molecule is CCc1cc(Br)c(C(F)(F)F)cc1C(=O)OC. The highest BCUT2D eigenvalue weighted by atomic mass is 79.9. The maximum atomic E-state index is 12.6. The van der Waals surface area contributed by atoms with Crippen LogP contribution in [-0.2, 0) is 17.3 Å². The maximum absolute atomic E-state index is 12.6. The summed E-state index contributed by atoms with van der Waals surface area (Å²) < 4.78 is 42.3. The van der Waals surface area contributed by atoms with Crippen LogP contribution >= 0.6 is 15.9 Å². The largest absolute Gasteiger partial charge is 0.465 e. The van der Waals surface area contributed by atoms with Crippen molar-refractivity contribution in [1.29, 1.82) is 0 Å². The van der Waals surface area contributed by atoms with Crippen LogP contribution in [0.25, 0.3) is 0 Å². The molecule has 2 nitrogen and oxygen atoms in total. The predicted molar refractivity (Wildman–Crippen MR) is 59.9 cm³/mol. The molecule has 1 aromatic rings. The van der Waals surface area contributed by atoms with E-state index in [2.05, 4.69) is 20.7 Å². The molecule has 0 saturated carbocycles. The summed E-state index contributed by atoms with van der Waals surface area (Å²) in [7, 11) is 1.14. The van der Waals surface area contributed by atoms with Crippen LogP contribution in [0.5, 0.6) is 0 Å². The van der Waals surface area contributed by atoms with Crippen molar-refractivity contribution >= 4 is 21.9 Å². The van der Waals surface area contributed by atoms with Gasteiger partial charge in [0, 0.05) is 4.47 Å². The van der Waals surface area contributed by atoms with E-state index in [9.17, 15) is 18.0 Å². The van der Waals surface area contributed by atoms with Crippen molar-refractivity contribution in [1.82, 2.24) is 0 Å². The van der Waals surface area contributed by atoms with Gasteiger partial charge in [-0.25, -0.2) is 4.79 Å². The summed E-state index contributed by atoms with van der Waals surface area (Å²) in [5, 5.41) is 0. The molecule has 6 heteroatoms. The highest BCUT2D eigenvalue weighted by Gasteiger charge is 2.34. The lowest BCUT2D eigenvalue weighted by Gasteiger charge is -2.13. The van der Waals surface area contributed by atoms with Crippen LogP contribution in [0, 0.1) is 0 Å². The topological polar surface area (TPSA) is 26.3 Å². The lowest BCUT2D eigenvalue weighted by atomic mass is 10.0. The number of ether oxygens (including phenoxy) is 1. The Kier molecular flexibility index (Phi) is 4.19. The fourth-order valence-corrected chi connectivity index (χ4v) is 2.04. The third-order valence-corrected chi connectivity index (χ3v) is 2.94. The quantitative estimate of drug-likeness (QED) is 0.776. The molecule has 0 heterocycles. The molecule has 0 aromatic heterocycles. The number of carbonyl (C=O) groups excluding carboxylic acids is 1. The van der Waals surface area contributed by atoms with Crippen molar-refractivity contribution < 1.29 is 22.7 Å². The van der Waals surface area contributed by atoms with Gasteiger partial charge in [0.25, 0.3) is 0 Å². The number of benzene rings is 1. The number of alkyl halides is 3. The van der Waals surface area contributed by atoms with Gasteiger partial charge in [-0.1, -0.05) is 22.9 Å². The summed E-state index contributed by atoms with van der Waals surface area (Å²) in [6.07, 6.45) is -4.06. The van der Waals surface area contributed by atoms with Crippen LogP contribution in [0.15, 0.2) is 16.6 Å². The van der Waals surface area contributed by atoms with Crippen molar-refractivity contribution in [3.05, 3.63) is 33.3 Å². The molecule has 0 saturated heterocycles. The van der Waals surface area contributed by atoms with E-state index in [0.717, 1.165) is 13.2 Å². The first-order chi connectivity index (χ1) is 7.81. The van der Waals surface area contributed by atoms with E-state index < -0.39 is 17.7 Å². The van der Waals surface area contributed by atoms with E-state index in [0.29, 0.717) is 12.0 Å². The molecule has 17 heavy (non-hydrogen) atoms. The Balaban J connectivity index is 3.43. The zero-order chi connectivity index (χ0) is 13.2. The summed E-state index contributed by atoms with van der Waals surface area (Å²) in [4.78, 5) is 11.4. The number of halogens is 4. The molecule has 0 atom stereocenters. The van der Waals surface area contributed by atoms with Gasteiger partial charge in [0.15, 0.2) is 0 Å². The fourth-order valence-electron chi connectivity index (χ4n) is 1.42. The average molecular weight is 311 g/mol. The predicted octanol–water partition coefficient (Wildman–Crippen LogP) is 3.82. The van der Waals surface area contributed by atoms with Crippen molar-refractivity contribution in [3.63, 3.8) is 0 Å². The summed E-state index contributed by atoms with van der Waals surface area (Å²) >= 11 is 2.86. The Morgan fingerprint density at radius 3 is 2.41 bits per heavy atom. The molecule has 1 rings (SSSR count). The minimum Gasteiger partial charge on any atom is -0.465 e. The van der Waals surface area contributed by atoms with E-state index in [4.69, 9.17) is 0 Å². The molecule has 0 bridgehead atoms. The minimum atomic E-state index is -4.51. The molecular weight excluding hydrogens is 301 g/mol. The van der Waals surface area contributed by atoms with Crippen LogP contribution in [0.2, 0.25) is 0 Å². The fraction of sp³-hybridized carbons (Fsp3) is 0.364. The number of hydrogen-bond donors (Lipinski definition) is 0. The lowest BCUT2D eigenvalue weighted by molar-refractivity contribution is -0.138. The number of aryl methyl sites for hydroxylation is 1. The second-order valence-corrected chi connectivity index (χ2v) is 4.19. The zero-order valence-electron chi connectivity index (χ0n) is 9.19. The van der Waals surface area contributed by atoms with Gasteiger partial charge >= 0.3 is 12.1 Å². The molecule has 0 N–H and O–H groups in total. The molecule has 94 valence electrons. The number of methoxy groups -OCH3 is 1. The third-order valence-electron chi connectivity index (χ3n) is 2.28. The normalized spacial score (nSPS) is 11.4. The van der Waals surface area contributed by atoms with E-state index in [1.165, 1.54) is 6.07 Å². The number of esters is 1. The van der Waals surface area contributed by atoms with Crippen LogP contribution in [-0.4, -0.2) is 13.1 Å². The van der Waals surface area contributed by atoms with Crippen molar-refractivity contribution in [2.45, 2.75) is 19.5 Å². The second kappa shape index (κ2) is 5.08. The Labute approximate surface area is 105 Å². The van der Waals surface area contributed by atoms with Gasteiger partial charge in [-0.15, -0.1) is 0 Å². The van der Waals surface area contributed by atoms with Gasteiger partial charge in [-0.3, -0.25) is 0 Å². The molecule has 0 spiro atoms. The standard InChI is InChI=1S/C11H10BrF3O2/c1-3-6-4-9(12)8(11(13,14)15)5-7(6)10(16)17-2/h4-5H,3H2,1-2H3. The Bertz CT molecular complexity index is 441. The van der Waals surface area contributed by atoms with Gasteiger partial charge in [0.2, 0.25) is 0 Å². The molecule has 0 fully saturated rings. The highest BCUT2D eigenvalue weighted by Crippen LogP contribution is 2.36. The molecule has 1 aromatic carbocycles. The number of carbonyl (C=O) groups is 1. The Morgan fingerprint density at radius 1 is 1.41 bits per heavy atom. The maximum Gasteiger partial charge on any atom is 0.417 e. The smallest absolute Gasteiger partial charge is 0.417 e. The van der Waals surface area contributed by atoms with Gasteiger partial charge < -0.3 is 4.74 Å². The molecule has 0 radical (unpaired) electrons. The summed E-state index contributed by atoms with van der Waals surface area (Å²) in [5.74, 6) is -0.764. The Morgan fingerprint density at radius 2 is 2.00 bits per heavy atom. The zero-order valence-corrected chi connectivity index (χ0v) is 10.8. The van der Waals surface area contributed by atoms with Crippen LogP contribution < -0.4 is 0 Å². The van der Waals surface area contributed by atoms with Crippen molar-refractivity contribution in [2.24, 2.45) is 0 Å². The van der Waals surface area contributed by atoms with E-state index in [1.807, 2.05) is 0 Å². The average Bonchev–Trinajstić information content (AvgIpc) is 2.25. The summed E-state index contributed by atoms with van der Waals surface area (Å²) in [6, 6.07) is 2.11. The summed E-state index contributed by atoms with van der Waals surface area (Å²) in [6.45, 7) is 1.75. The van der Waals surface area contributed by atoms with Gasteiger partial charge in [-0.2, -0.15) is 13.2 Å². The van der Waals surface area contributed by atoms with E-state index in [-0.39, 0.29) is 10.0 Å². The molecule has 0 aliphatic heterocycles. The van der Waals surface area contributed by atoms with Gasteiger partial charge in [0.05, 0.1) is 18.2 Å². The monoisotopic (exact) mass is 310 g/mol. The molecule has 0 amide bonds. The van der Waals surface area contributed by atoms with Crippen LogP contribution in [0.4, 0.5) is 13.2 Å². The second-order valence-electron chi connectivity index (χ2n) is 3.33. The Hall–Kier alpha value is -1.04. The first-order valence-electron chi connectivity index (χ1n) is 4.79. The van der Waals surface area contributed by atoms with Gasteiger partial charge in [-0.05, 0) is 24.1 Å². The van der Waals surface area contributed by atoms with E-state index >= 15 is 0 Å². The molecule has 0 unspecified atom stereocenters. The van der Waals surface area contributed by atoms with Crippen LogP contribution in [0.3, 0.4) is 0 Å². The molecular formula is C11H10BrF3O2. The van der Waals surface area contributed by atoms with Crippen molar-refractivity contribution in [3.8, 4) is 0 Å². The highest BCUT2D eigenvalue weighted by molar-refractivity contribution is 9.10. The lowest BCUT2D eigenvalue weighted by Crippen LogP contribution is -2.12. The number of rotatable bonds is 2. The van der Waals surface area contributed by atoms with E-state index in [1.54, 1.807) is 6.92 Å². The number of hydrogen-bond acceptors (Lipinski definition) is 2. The van der Waals surface area contributed by atoms with Crippen LogP contribution in [0.1, 0.15) is 28.4 Å². The molecule has 0 aliphatic rings.